The zero-order chi connectivity index (χ0) is 24.4. The van der Waals surface area contributed by atoms with Gasteiger partial charge in [-0.25, -0.2) is 4.98 Å². The number of nitrogens with zero attached hydrogens (tertiary/aromatic N) is 1. The van der Waals surface area contributed by atoms with Gasteiger partial charge in [-0.2, -0.15) is 0 Å². The highest BCUT2D eigenvalue weighted by Crippen LogP contribution is 2.45. The number of carbonyl (C=O) groups excluding carboxylic acids is 2. The second-order valence-corrected chi connectivity index (χ2v) is 13.1. The van der Waals surface area contributed by atoms with Crippen molar-refractivity contribution in [3.8, 4) is 0 Å². The third kappa shape index (κ3) is 4.01. The molecule has 0 aliphatic heterocycles. The van der Waals surface area contributed by atoms with Gasteiger partial charge in [0.05, 0.1) is 11.3 Å². The van der Waals surface area contributed by atoms with E-state index < -0.39 is 5.91 Å². The number of aryl methyl sites for hydroxylation is 1. The van der Waals surface area contributed by atoms with Gasteiger partial charge in [-0.15, -0.1) is 22.7 Å². The van der Waals surface area contributed by atoms with Crippen LogP contribution in [-0.2, 0) is 25.7 Å². The highest BCUT2D eigenvalue weighted by molar-refractivity contribution is 7.21. The van der Waals surface area contributed by atoms with Gasteiger partial charge in [0, 0.05) is 16.0 Å². The van der Waals surface area contributed by atoms with Crippen LogP contribution >= 0.6 is 22.7 Å². The Bertz CT molecular complexity index is 1310. The van der Waals surface area contributed by atoms with Crippen LogP contribution in [0.1, 0.15) is 82.3 Å². The third-order valence-corrected chi connectivity index (χ3v) is 9.79. The molecule has 0 fully saturated rings. The molecule has 5 rings (SSSR count). The zero-order valence-electron chi connectivity index (χ0n) is 20.2. The van der Waals surface area contributed by atoms with Gasteiger partial charge in [0.15, 0.2) is 0 Å². The van der Waals surface area contributed by atoms with Crippen LogP contribution in [0.2, 0.25) is 0 Å². The van der Waals surface area contributed by atoms with Crippen molar-refractivity contribution in [2.45, 2.75) is 66.2 Å². The lowest BCUT2D eigenvalue weighted by Gasteiger charge is -2.33. The van der Waals surface area contributed by atoms with Crippen molar-refractivity contribution in [3.05, 3.63) is 38.2 Å². The summed E-state index contributed by atoms with van der Waals surface area (Å²) in [6, 6.07) is 2.11. The molecule has 34 heavy (non-hydrogen) atoms. The first-order chi connectivity index (χ1) is 16.0. The summed E-state index contributed by atoms with van der Waals surface area (Å²) < 4.78 is 0. The van der Waals surface area contributed by atoms with Crippen molar-refractivity contribution in [1.82, 2.24) is 4.98 Å². The molecular weight excluding hydrogens is 464 g/mol. The lowest BCUT2D eigenvalue weighted by molar-refractivity contribution is 0.1000. The first-order valence-electron chi connectivity index (χ1n) is 12.0. The molecule has 2 aliphatic rings. The average Bonchev–Trinajstić information content (AvgIpc) is 3.28. The van der Waals surface area contributed by atoms with Gasteiger partial charge in [0.2, 0.25) is 0 Å². The fourth-order valence-electron chi connectivity index (χ4n) is 5.37. The molecule has 2 aliphatic carbocycles. The maximum Gasteiger partial charge on any atom is 0.268 e. The largest absolute Gasteiger partial charge is 0.397 e. The lowest BCUT2D eigenvalue weighted by atomic mass is 9.72. The Labute approximate surface area is 208 Å². The molecule has 3 heterocycles. The summed E-state index contributed by atoms with van der Waals surface area (Å²) in [5, 5.41) is 4.36. The summed E-state index contributed by atoms with van der Waals surface area (Å²) in [5.41, 5.74) is 16.7. The number of nitrogen functional groups attached to an aromatic ring is 1. The maximum absolute atomic E-state index is 13.3. The number of nitrogens with two attached hydrogens (primary N) is 2. The Morgan fingerprint density at radius 1 is 1.15 bits per heavy atom. The number of hydrogen-bond acceptors (Lipinski definition) is 6. The first kappa shape index (κ1) is 23.3. The monoisotopic (exact) mass is 496 g/mol. The van der Waals surface area contributed by atoms with Crippen molar-refractivity contribution < 1.29 is 9.59 Å². The minimum absolute atomic E-state index is 0.188. The summed E-state index contributed by atoms with van der Waals surface area (Å²) in [5.74, 6) is 0.362. The molecular formula is C26H32N4O2S2. The number of hydrogen-bond donors (Lipinski definition) is 3. The summed E-state index contributed by atoms with van der Waals surface area (Å²) in [7, 11) is 0. The topological polar surface area (TPSA) is 111 Å². The number of nitrogens with one attached hydrogen (secondary N) is 1. The molecule has 6 nitrogen and oxygen atoms in total. The van der Waals surface area contributed by atoms with Crippen molar-refractivity contribution in [2.75, 3.05) is 11.1 Å². The number of anilines is 2. The summed E-state index contributed by atoms with van der Waals surface area (Å²) in [6.07, 6.45) is 5.81. The molecule has 3 aromatic rings. The number of fused-ring (bicyclic) bond motifs is 3. The molecule has 3 aromatic heterocycles. The molecule has 2 unspecified atom stereocenters. The summed E-state index contributed by atoms with van der Waals surface area (Å²) >= 11 is 2.80. The van der Waals surface area contributed by atoms with Crippen LogP contribution in [0.15, 0.2) is 6.07 Å². The summed E-state index contributed by atoms with van der Waals surface area (Å²) in [6.45, 7) is 9.02. The predicted octanol–water partition coefficient (Wildman–Crippen LogP) is 5.57. The standard InChI is InChI=1S/C26H32N4O2S2/c1-12-5-8-17-13(9-12)10-16-20(27)21(34-24(16)29-17)23(32)30-25-19(22(28)31)15-7-6-14(26(2,3)4)11-18(15)33-25/h10,12,14H,5-9,11,27H2,1-4H3,(H2,28,31)(H,30,32). The smallest absolute Gasteiger partial charge is 0.268 e. The van der Waals surface area contributed by atoms with Gasteiger partial charge in [-0.1, -0.05) is 27.7 Å². The van der Waals surface area contributed by atoms with Gasteiger partial charge in [-0.3, -0.25) is 9.59 Å². The van der Waals surface area contributed by atoms with Gasteiger partial charge in [-0.05, 0) is 73.0 Å². The van der Waals surface area contributed by atoms with E-state index in [1.54, 1.807) is 0 Å². The van der Waals surface area contributed by atoms with E-state index in [4.69, 9.17) is 16.5 Å². The summed E-state index contributed by atoms with van der Waals surface area (Å²) in [4.78, 5) is 32.9. The van der Waals surface area contributed by atoms with Crippen molar-refractivity contribution >= 4 is 55.4 Å². The van der Waals surface area contributed by atoms with Crippen LogP contribution in [0.3, 0.4) is 0 Å². The molecule has 0 aromatic carbocycles. The fraction of sp³-hybridized carbons (Fsp3) is 0.500. The lowest BCUT2D eigenvalue weighted by Crippen LogP contribution is -2.27. The van der Waals surface area contributed by atoms with E-state index in [-0.39, 0.29) is 11.3 Å². The average molecular weight is 497 g/mol. The van der Waals surface area contributed by atoms with Crippen molar-refractivity contribution in [3.63, 3.8) is 0 Å². The Balaban J connectivity index is 1.47. The van der Waals surface area contributed by atoms with Crippen LogP contribution < -0.4 is 16.8 Å². The van der Waals surface area contributed by atoms with E-state index in [1.807, 2.05) is 0 Å². The molecule has 0 saturated heterocycles. The van der Waals surface area contributed by atoms with E-state index in [9.17, 15) is 9.59 Å². The van der Waals surface area contributed by atoms with E-state index in [1.165, 1.54) is 28.2 Å². The van der Waals surface area contributed by atoms with Crippen LogP contribution in [0.5, 0.6) is 0 Å². The number of pyridine rings is 1. The minimum Gasteiger partial charge on any atom is -0.397 e. The van der Waals surface area contributed by atoms with Crippen molar-refractivity contribution in [2.24, 2.45) is 23.0 Å². The SMILES string of the molecule is CC1CCc2nc3sc(C(=O)Nc4sc5c(c4C(N)=O)CCC(C(C)(C)C)C5)c(N)c3cc2C1. The van der Waals surface area contributed by atoms with Gasteiger partial charge in [0.25, 0.3) is 11.8 Å². The molecule has 5 N–H and O–H groups in total. The van der Waals surface area contributed by atoms with Gasteiger partial charge < -0.3 is 16.8 Å². The Morgan fingerprint density at radius 2 is 1.91 bits per heavy atom. The molecule has 0 saturated carbocycles. The highest BCUT2D eigenvalue weighted by Gasteiger charge is 2.34. The first-order valence-corrected chi connectivity index (χ1v) is 13.6. The second kappa shape index (κ2) is 8.34. The van der Waals surface area contributed by atoms with E-state index in [0.717, 1.165) is 64.9 Å². The van der Waals surface area contributed by atoms with Crippen LogP contribution in [0, 0.1) is 17.3 Å². The molecule has 0 spiro atoms. The van der Waals surface area contributed by atoms with E-state index in [2.05, 4.69) is 39.1 Å². The molecule has 2 atom stereocenters. The third-order valence-electron chi connectivity index (χ3n) is 7.50. The van der Waals surface area contributed by atoms with Crippen LogP contribution in [0.4, 0.5) is 10.7 Å². The number of primary amides is 1. The predicted molar refractivity (Wildman–Crippen MR) is 141 cm³/mol. The van der Waals surface area contributed by atoms with Gasteiger partial charge in [0.1, 0.15) is 14.7 Å². The quantitative estimate of drug-likeness (QED) is 0.440. The van der Waals surface area contributed by atoms with Gasteiger partial charge >= 0.3 is 0 Å². The molecule has 0 bridgehead atoms. The molecule has 0 radical (unpaired) electrons. The second-order valence-electron chi connectivity index (χ2n) is 11.0. The Hall–Kier alpha value is -2.45. The Morgan fingerprint density at radius 3 is 2.62 bits per heavy atom. The number of thiophene rings is 2. The molecule has 180 valence electrons. The maximum atomic E-state index is 13.3. The Kier molecular flexibility index (Phi) is 5.72. The minimum atomic E-state index is -0.491. The number of aromatic nitrogens is 1. The molecule has 8 heteroatoms. The number of rotatable bonds is 3. The molecule has 2 amide bonds. The number of carbonyl (C=O) groups is 2. The van der Waals surface area contributed by atoms with Crippen LogP contribution in [0.25, 0.3) is 10.2 Å². The van der Waals surface area contributed by atoms with Crippen molar-refractivity contribution in [1.29, 1.82) is 0 Å². The zero-order valence-corrected chi connectivity index (χ0v) is 21.8. The number of amides is 2. The fourth-order valence-corrected chi connectivity index (χ4v) is 7.69. The normalized spacial score (nSPS) is 20.1. The highest BCUT2D eigenvalue weighted by atomic mass is 32.1. The van der Waals surface area contributed by atoms with E-state index in [0.29, 0.717) is 33.0 Å². The van der Waals surface area contributed by atoms with Crippen LogP contribution in [-0.4, -0.2) is 16.8 Å². The van der Waals surface area contributed by atoms with E-state index >= 15 is 0 Å².